The Morgan fingerprint density at radius 1 is 1.20 bits per heavy atom. The quantitative estimate of drug-likeness (QED) is 0.782. The molecule has 3 aromatic rings. The summed E-state index contributed by atoms with van der Waals surface area (Å²) in [6.07, 6.45) is 4.94. The molecule has 0 saturated carbocycles. The average Bonchev–Trinajstić information content (AvgIpc) is 2.99. The number of carbonyl (C=O) groups is 1. The molecule has 128 valence electrons. The van der Waals surface area contributed by atoms with Crippen molar-refractivity contribution >= 4 is 11.6 Å². The number of nitrogens with zero attached hydrogens (tertiary/aromatic N) is 3. The van der Waals surface area contributed by atoms with Gasteiger partial charge < -0.3 is 5.32 Å². The smallest absolute Gasteiger partial charge is 0.255 e. The largest absolute Gasteiger partial charge is 0.343 e. The Hall–Kier alpha value is -2.69. The summed E-state index contributed by atoms with van der Waals surface area (Å²) in [7, 11) is 0. The molecule has 1 aliphatic rings. The third-order valence-corrected chi connectivity index (χ3v) is 5.17. The third kappa shape index (κ3) is 2.60. The summed E-state index contributed by atoms with van der Waals surface area (Å²) in [5.41, 5.74) is 3.46. The van der Waals surface area contributed by atoms with Gasteiger partial charge in [-0.05, 0) is 57.2 Å². The topological polar surface area (TPSA) is 59.3 Å². The number of benzene rings is 1. The van der Waals surface area contributed by atoms with Gasteiger partial charge in [0.05, 0.1) is 11.1 Å². The maximum absolute atomic E-state index is 13.0. The molecule has 0 aliphatic heterocycles. The number of nitrogens with one attached hydrogen (secondary N) is 1. The summed E-state index contributed by atoms with van der Waals surface area (Å²) in [5.74, 6) is 1.42. The highest BCUT2D eigenvalue weighted by Crippen LogP contribution is 2.35. The highest BCUT2D eigenvalue weighted by atomic mass is 16.1. The molecule has 2 heterocycles. The van der Waals surface area contributed by atoms with Gasteiger partial charge in [0.1, 0.15) is 11.6 Å². The van der Waals surface area contributed by atoms with E-state index in [-0.39, 0.29) is 11.4 Å². The van der Waals surface area contributed by atoms with Gasteiger partial charge in [-0.1, -0.05) is 24.3 Å². The van der Waals surface area contributed by atoms with E-state index in [0.717, 1.165) is 25.1 Å². The number of carbonyl (C=O) groups excluding carboxylic acids is 1. The molecule has 1 atom stereocenters. The zero-order valence-electron chi connectivity index (χ0n) is 14.8. The standard InChI is InChI=1S/C20H22N4O/c1-13-21-14(2)24-12-10-16(18(24)22-13)19(25)23-20(3)11-6-8-15-7-4-5-9-17(15)20/h4-5,7,9-10,12H,6,8,11H2,1-3H3,(H,23,25). The lowest BCUT2D eigenvalue weighted by atomic mass is 9.77. The zero-order valence-corrected chi connectivity index (χ0v) is 14.8. The van der Waals surface area contributed by atoms with Crippen LogP contribution in [-0.2, 0) is 12.0 Å². The lowest BCUT2D eigenvalue weighted by Gasteiger charge is -2.36. The van der Waals surface area contributed by atoms with E-state index in [2.05, 4.69) is 40.4 Å². The molecule has 0 spiro atoms. The first kappa shape index (κ1) is 15.8. The Labute approximate surface area is 147 Å². The van der Waals surface area contributed by atoms with Gasteiger partial charge in [0.25, 0.3) is 5.91 Å². The summed E-state index contributed by atoms with van der Waals surface area (Å²) < 4.78 is 1.86. The lowest BCUT2D eigenvalue weighted by Crippen LogP contribution is -2.45. The van der Waals surface area contributed by atoms with Crippen molar-refractivity contribution in [3.63, 3.8) is 0 Å². The van der Waals surface area contributed by atoms with E-state index in [0.29, 0.717) is 17.0 Å². The maximum atomic E-state index is 13.0. The van der Waals surface area contributed by atoms with Gasteiger partial charge in [-0.2, -0.15) is 0 Å². The van der Waals surface area contributed by atoms with Gasteiger partial charge in [-0.25, -0.2) is 9.97 Å². The van der Waals surface area contributed by atoms with Crippen LogP contribution < -0.4 is 5.32 Å². The number of fused-ring (bicyclic) bond motifs is 2. The zero-order chi connectivity index (χ0) is 17.6. The number of hydrogen-bond donors (Lipinski definition) is 1. The fraction of sp³-hybridized carbons (Fsp3) is 0.350. The van der Waals surface area contributed by atoms with Crippen molar-refractivity contribution in [2.45, 2.75) is 45.6 Å². The van der Waals surface area contributed by atoms with Crippen molar-refractivity contribution in [1.29, 1.82) is 0 Å². The number of hydrogen-bond acceptors (Lipinski definition) is 3. The van der Waals surface area contributed by atoms with Crippen molar-refractivity contribution in [3.8, 4) is 0 Å². The van der Waals surface area contributed by atoms with Crippen LogP contribution in [0.2, 0.25) is 0 Å². The average molecular weight is 334 g/mol. The van der Waals surface area contributed by atoms with E-state index in [1.165, 1.54) is 11.1 Å². The van der Waals surface area contributed by atoms with Crippen LogP contribution in [0.25, 0.3) is 5.65 Å². The number of aromatic nitrogens is 3. The minimum absolute atomic E-state index is 0.0841. The van der Waals surface area contributed by atoms with E-state index >= 15 is 0 Å². The monoisotopic (exact) mass is 334 g/mol. The first-order chi connectivity index (χ1) is 12.0. The molecule has 1 aliphatic carbocycles. The molecular weight excluding hydrogens is 312 g/mol. The highest BCUT2D eigenvalue weighted by molar-refractivity contribution is 6.00. The van der Waals surface area contributed by atoms with Gasteiger partial charge in [-0.3, -0.25) is 9.20 Å². The van der Waals surface area contributed by atoms with Crippen molar-refractivity contribution < 1.29 is 4.79 Å². The van der Waals surface area contributed by atoms with Crippen molar-refractivity contribution in [1.82, 2.24) is 19.7 Å². The molecule has 2 aromatic heterocycles. The van der Waals surface area contributed by atoms with Gasteiger partial charge in [0.2, 0.25) is 0 Å². The molecule has 1 aromatic carbocycles. The highest BCUT2D eigenvalue weighted by Gasteiger charge is 2.34. The molecule has 1 N–H and O–H groups in total. The van der Waals surface area contributed by atoms with Crippen LogP contribution in [0.15, 0.2) is 36.5 Å². The second-order valence-corrected chi connectivity index (χ2v) is 7.04. The Kier molecular flexibility index (Phi) is 3.60. The lowest BCUT2D eigenvalue weighted by molar-refractivity contribution is 0.0896. The molecule has 0 saturated heterocycles. The number of amides is 1. The Morgan fingerprint density at radius 3 is 2.84 bits per heavy atom. The molecule has 5 nitrogen and oxygen atoms in total. The normalized spacial score (nSPS) is 19.6. The Balaban J connectivity index is 1.72. The maximum Gasteiger partial charge on any atom is 0.255 e. The first-order valence-corrected chi connectivity index (χ1v) is 8.71. The fourth-order valence-corrected chi connectivity index (χ4v) is 3.93. The first-order valence-electron chi connectivity index (χ1n) is 8.71. The molecule has 4 rings (SSSR count). The minimum atomic E-state index is -0.350. The predicted octanol–water partition coefficient (Wildman–Crippen LogP) is 3.33. The summed E-state index contributed by atoms with van der Waals surface area (Å²) in [6, 6.07) is 10.2. The van der Waals surface area contributed by atoms with E-state index in [1.54, 1.807) is 0 Å². The molecule has 0 fully saturated rings. The molecule has 25 heavy (non-hydrogen) atoms. The Morgan fingerprint density at radius 2 is 2.00 bits per heavy atom. The summed E-state index contributed by atoms with van der Waals surface area (Å²) in [6.45, 7) is 5.88. The van der Waals surface area contributed by atoms with Crippen molar-refractivity contribution in [2.75, 3.05) is 0 Å². The third-order valence-electron chi connectivity index (χ3n) is 5.17. The number of aryl methyl sites for hydroxylation is 3. The Bertz CT molecular complexity index is 975. The van der Waals surface area contributed by atoms with Crippen LogP contribution in [0.4, 0.5) is 0 Å². The SMILES string of the molecule is Cc1nc(C)n2ccc(C(=O)NC3(C)CCCc4ccccc43)c2n1. The summed E-state index contributed by atoms with van der Waals surface area (Å²) in [5, 5.41) is 3.27. The fourth-order valence-electron chi connectivity index (χ4n) is 3.93. The van der Waals surface area contributed by atoms with Crippen LogP contribution in [0.1, 0.15) is 52.9 Å². The van der Waals surface area contributed by atoms with Crippen LogP contribution in [0, 0.1) is 13.8 Å². The van der Waals surface area contributed by atoms with Gasteiger partial charge in [-0.15, -0.1) is 0 Å². The molecular formula is C20H22N4O. The molecule has 1 unspecified atom stereocenters. The van der Waals surface area contributed by atoms with Crippen LogP contribution in [0.3, 0.4) is 0 Å². The minimum Gasteiger partial charge on any atom is -0.343 e. The van der Waals surface area contributed by atoms with Crippen molar-refractivity contribution in [2.24, 2.45) is 0 Å². The molecule has 1 amide bonds. The van der Waals surface area contributed by atoms with E-state index in [4.69, 9.17) is 0 Å². The predicted molar refractivity (Wildman–Crippen MR) is 96.7 cm³/mol. The summed E-state index contributed by atoms with van der Waals surface area (Å²) in [4.78, 5) is 21.9. The van der Waals surface area contributed by atoms with Crippen LogP contribution in [-0.4, -0.2) is 20.3 Å². The van der Waals surface area contributed by atoms with Crippen molar-refractivity contribution in [3.05, 3.63) is 64.9 Å². The number of rotatable bonds is 2. The van der Waals surface area contributed by atoms with E-state index in [9.17, 15) is 4.79 Å². The van der Waals surface area contributed by atoms with Gasteiger partial charge in [0, 0.05) is 6.20 Å². The van der Waals surface area contributed by atoms with E-state index in [1.807, 2.05) is 36.6 Å². The molecule has 5 heteroatoms. The molecule has 0 bridgehead atoms. The van der Waals surface area contributed by atoms with Crippen LogP contribution >= 0.6 is 0 Å². The second kappa shape index (κ2) is 5.69. The van der Waals surface area contributed by atoms with E-state index < -0.39 is 0 Å². The van der Waals surface area contributed by atoms with Gasteiger partial charge >= 0.3 is 0 Å². The summed E-state index contributed by atoms with van der Waals surface area (Å²) >= 11 is 0. The van der Waals surface area contributed by atoms with Gasteiger partial charge in [0.15, 0.2) is 5.65 Å². The van der Waals surface area contributed by atoms with Crippen LogP contribution in [0.5, 0.6) is 0 Å². The molecule has 0 radical (unpaired) electrons. The second-order valence-electron chi connectivity index (χ2n) is 7.04.